The zero-order valence-corrected chi connectivity index (χ0v) is 14.3. The molecule has 2 aromatic heterocycles. The molecule has 1 atom stereocenters. The summed E-state index contributed by atoms with van der Waals surface area (Å²) in [6.07, 6.45) is 7.18. The second kappa shape index (κ2) is 6.41. The van der Waals surface area contributed by atoms with Crippen LogP contribution in [0.2, 0.25) is 0 Å². The van der Waals surface area contributed by atoms with Crippen molar-refractivity contribution in [1.82, 2.24) is 18.8 Å². The molecule has 0 spiro atoms. The number of sulfonamides is 1. The minimum absolute atomic E-state index is 0.121. The lowest BCUT2D eigenvalue weighted by atomic mass is 10.1. The fourth-order valence-electron chi connectivity index (χ4n) is 3.19. The number of nitrogens with zero attached hydrogens (tertiary/aromatic N) is 4. The molecule has 124 valence electrons. The lowest BCUT2D eigenvalue weighted by Gasteiger charge is -2.33. The van der Waals surface area contributed by atoms with Crippen molar-refractivity contribution in [1.29, 1.82) is 0 Å². The van der Waals surface area contributed by atoms with Crippen molar-refractivity contribution in [3.63, 3.8) is 0 Å². The molecule has 1 saturated heterocycles. The quantitative estimate of drug-likeness (QED) is 0.860. The van der Waals surface area contributed by atoms with E-state index in [-0.39, 0.29) is 11.8 Å². The van der Waals surface area contributed by atoms with Gasteiger partial charge in [0.15, 0.2) is 0 Å². The lowest BCUT2D eigenvalue weighted by molar-refractivity contribution is 0.266. The molecule has 0 aliphatic carbocycles. The van der Waals surface area contributed by atoms with Gasteiger partial charge in [-0.2, -0.15) is 4.31 Å². The van der Waals surface area contributed by atoms with Gasteiger partial charge >= 0.3 is 0 Å². The maximum absolute atomic E-state index is 12.2. The molecule has 7 heteroatoms. The number of aryl methyl sites for hydroxylation is 1. The molecule has 0 bridgehead atoms. The third-order valence-electron chi connectivity index (χ3n) is 4.40. The summed E-state index contributed by atoms with van der Waals surface area (Å²) in [5.41, 5.74) is 2.06. The SMILES string of the molecule is CCS(=O)(=O)N1CCCC(n2c(C)cnc2-c2ccncc2)C1. The second-order valence-electron chi connectivity index (χ2n) is 5.88. The Hall–Kier alpha value is -1.73. The zero-order valence-electron chi connectivity index (χ0n) is 13.5. The predicted octanol–water partition coefficient (Wildman–Crippen LogP) is 2.24. The Balaban J connectivity index is 1.95. The summed E-state index contributed by atoms with van der Waals surface area (Å²) in [5.74, 6) is 1.03. The highest BCUT2D eigenvalue weighted by Crippen LogP contribution is 2.30. The smallest absolute Gasteiger partial charge is 0.213 e. The summed E-state index contributed by atoms with van der Waals surface area (Å²) < 4.78 is 28.2. The monoisotopic (exact) mass is 334 g/mol. The van der Waals surface area contributed by atoms with Gasteiger partial charge in [-0.1, -0.05) is 0 Å². The molecule has 0 N–H and O–H groups in total. The third-order valence-corrected chi connectivity index (χ3v) is 6.25. The number of rotatable bonds is 4. The molecule has 0 radical (unpaired) electrons. The van der Waals surface area contributed by atoms with E-state index in [1.807, 2.05) is 25.3 Å². The number of aromatic nitrogens is 3. The van der Waals surface area contributed by atoms with Crippen LogP contribution in [0.3, 0.4) is 0 Å². The molecule has 0 amide bonds. The van der Waals surface area contributed by atoms with E-state index in [2.05, 4.69) is 14.5 Å². The molecule has 0 aromatic carbocycles. The molecule has 0 saturated carbocycles. The van der Waals surface area contributed by atoms with E-state index in [9.17, 15) is 8.42 Å². The number of imidazole rings is 1. The minimum atomic E-state index is -3.15. The van der Waals surface area contributed by atoms with Crippen LogP contribution in [0.5, 0.6) is 0 Å². The average molecular weight is 334 g/mol. The Morgan fingerprint density at radius 3 is 2.74 bits per heavy atom. The highest BCUT2D eigenvalue weighted by atomic mass is 32.2. The summed E-state index contributed by atoms with van der Waals surface area (Å²) in [5, 5.41) is 0. The fraction of sp³-hybridized carbons (Fsp3) is 0.500. The molecule has 1 aliphatic heterocycles. The van der Waals surface area contributed by atoms with Crippen LogP contribution in [0.15, 0.2) is 30.7 Å². The molecular weight excluding hydrogens is 312 g/mol. The predicted molar refractivity (Wildman–Crippen MR) is 89.5 cm³/mol. The van der Waals surface area contributed by atoms with Crippen molar-refractivity contribution in [3.8, 4) is 11.4 Å². The van der Waals surface area contributed by atoms with Crippen LogP contribution in [-0.4, -0.2) is 46.1 Å². The largest absolute Gasteiger partial charge is 0.324 e. The van der Waals surface area contributed by atoms with Crippen molar-refractivity contribution in [2.45, 2.75) is 32.7 Å². The van der Waals surface area contributed by atoms with Crippen molar-refractivity contribution >= 4 is 10.0 Å². The first-order valence-corrected chi connectivity index (χ1v) is 9.56. The Labute approximate surface area is 137 Å². The topological polar surface area (TPSA) is 68.1 Å². The van der Waals surface area contributed by atoms with Crippen molar-refractivity contribution < 1.29 is 8.42 Å². The molecule has 1 aliphatic rings. The Kier molecular flexibility index (Phi) is 4.50. The number of hydrogen-bond donors (Lipinski definition) is 0. The van der Waals surface area contributed by atoms with Gasteiger partial charge in [0.1, 0.15) is 5.82 Å². The van der Waals surface area contributed by atoms with E-state index in [1.54, 1.807) is 23.6 Å². The van der Waals surface area contributed by atoms with E-state index in [0.29, 0.717) is 13.1 Å². The molecular formula is C16H22N4O2S. The third kappa shape index (κ3) is 3.16. The van der Waals surface area contributed by atoms with Crippen LogP contribution in [0.25, 0.3) is 11.4 Å². The van der Waals surface area contributed by atoms with E-state index in [1.165, 1.54) is 0 Å². The van der Waals surface area contributed by atoms with E-state index in [4.69, 9.17) is 0 Å². The molecule has 6 nitrogen and oxygen atoms in total. The van der Waals surface area contributed by atoms with Gasteiger partial charge in [0.05, 0.1) is 5.75 Å². The van der Waals surface area contributed by atoms with Crippen molar-refractivity contribution in [2.75, 3.05) is 18.8 Å². The van der Waals surface area contributed by atoms with Crippen LogP contribution in [0.1, 0.15) is 31.5 Å². The van der Waals surface area contributed by atoms with E-state index in [0.717, 1.165) is 29.9 Å². The highest BCUT2D eigenvalue weighted by molar-refractivity contribution is 7.89. The van der Waals surface area contributed by atoms with E-state index >= 15 is 0 Å². The number of pyridine rings is 1. The van der Waals surface area contributed by atoms with Gasteiger partial charge in [0.2, 0.25) is 10.0 Å². The molecule has 23 heavy (non-hydrogen) atoms. The van der Waals surface area contributed by atoms with Gasteiger partial charge in [0.25, 0.3) is 0 Å². The molecule has 3 heterocycles. The number of hydrogen-bond acceptors (Lipinski definition) is 4. The Bertz CT molecular complexity index is 771. The Morgan fingerprint density at radius 2 is 2.04 bits per heavy atom. The van der Waals surface area contributed by atoms with Gasteiger partial charge in [-0.15, -0.1) is 0 Å². The maximum atomic E-state index is 12.2. The maximum Gasteiger partial charge on any atom is 0.213 e. The van der Waals surface area contributed by atoms with Crippen molar-refractivity contribution in [2.24, 2.45) is 0 Å². The van der Waals surface area contributed by atoms with Crippen LogP contribution >= 0.6 is 0 Å². The lowest BCUT2D eigenvalue weighted by Crippen LogP contribution is -2.41. The summed E-state index contributed by atoms with van der Waals surface area (Å²) in [6, 6.07) is 3.99. The first kappa shape index (κ1) is 16.1. The summed E-state index contributed by atoms with van der Waals surface area (Å²) >= 11 is 0. The first-order chi connectivity index (χ1) is 11.0. The van der Waals surface area contributed by atoms with Gasteiger partial charge in [0, 0.05) is 49.0 Å². The summed E-state index contributed by atoms with van der Waals surface area (Å²) in [6.45, 7) is 4.85. The van der Waals surface area contributed by atoms with Crippen LogP contribution in [0.4, 0.5) is 0 Å². The molecule has 1 fully saturated rings. The molecule has 3 rings (SSSR count). The minimum Gasteiger partial charge on any atom is -0.324 e. The zero-order chi connectivity index (χ0) is 16.4. The Morgan fingerprint density at radius 1 is 1.30 bits per heavy atom. The van der Waals surface area contributed by atoms with Gasteiger partial charge < -0.3 is 4.57 Å². The normalized spacial score (nSPS) is 19.8. The second-order valence-corrected chi connectivity index (χ2v) is 8.14. The van der Waals surface area contributed by atoms with E-state index < -0.39 is 10.0 Å². The van der Waals surface area contributed by atoms with Gasteiger partial charge in [-0.05, 0) is 38.8 Å². The standard InChI is InChI=1S/C16H22N4O2S/c1-3-23(21,22)19-10-4-5-15(12-19)20-13(2)11-18-16(20)14-6-8-17-9-7-14/h6-9,11,15H,3-5,10,12H2,1-2H3. The van der Waals surface area contributed by atoms with Gasteiger partial charge in [-0.25, -0.2) is 13.4 Å². The molecule has 1 unspecified atom stereocenters. The highest BCUT2D eigenvalue weighted by Gasteiger charge is 2.30. The summed E-state index contributed by atoms with van der Waals surface area (Å²) in [4.78, 5) is 8.59. The van der Waals surface area contributed by atoms with Crippen LogP contribution in [0, 0.1) is 6.92 Å². The fourth-order valence-corrected chi connectivity index (χ4v) is 4.36. The van der Waals surface area contributed by atoms with Crippen molar-refractivity contribution in [3.05, 3.63) is 36.4 Å². The van der Waals surface area contributed by atoms with Gasteiger partial charge in [-0.3, -0.25) is 4.98 Å². The van der Waals surface area contributed by atoms with Crippen LogP contribution in [-0.2, 0) is 10.0 Å². The first-order valence-electron chi connectivity index (χ1n) is 7.95. The number of piperidine rings is 1. The average Bonchev–Trinajstić information content (AvgIpc) is 2.97. The summed E-state index contributed by atoms with van der Waals surface area (Å²) in [7, 11) is -3.15. The molecule has 2 aromatic rings. The van der Waals surface area contributed by atoms with Crippen LogP contribution < -0.4 is 0 Å².